The van der Waals surface area contributed by atoms with E-state index in [0.717, 1.165) is 41.3 Å². The number of carbonyl (C=O) groups is 1. The van der Waals surface area contributed by atoms with Crippen LogP contribution in [0.25, 0.3) is 21.0 Å². The molecule has 34 heavy (non-hydrogen) atoms. The molecule has 0 spiro atoms. The molecule has 1 aliphatic heterocycles. The van der Waals surface area contributed by atoms with Gasteiger partial charge >= 0.3 is 0 Å². The molecule has 1 aliphatic rings. The number of nitrogens with zero attached hydrogens (tertiary/aromatic N) is 2. The molecule has 0 unspecified atom stereocenters. The highest BCUT2D eigenvalue weighted by atomic mass is 32.1. The Morgan fingerprint density at radius 3 is 2.79 bits per heavy atom. The minimum Gasteiger partial charge on any atom is -0.489 e. The highest BCUT2D eigenvalue weighted by molar-refractivity contribution is 7.22. The van der Waals surface area contributed by atoms with Crippen molar-refractivity contribution in [2.45, 2.75) is 52.1 Å². The highest BCUT2D eigenvalue weighted by Crippen LogP contribution is 2.41. The number of ether oxygens (including phenoxy) is 3. The maximum atomic E-state index is 13.8. The zero-order chi connectivity index (χ0) is 24.1. The number of fused-ring (bicyclic) bond motifs is 3. The molecule has 1 atom stereocenters. The van der Waals surface area contributed by atoms with E-state index in [0.29, 0.717) is 48.9 Å². The number of pyridine rings is 1. The maximum Gasteiger partial charge on any atom is 0.268 e. The molecule has 8 heteroatoms. The Kier molecular flexibility index (Phi) is 8.24. The topological polar surface area (TPSA) is 70.0 Å². The van der Waals surface area contributed by atoms with E-state index in [4.69, 9.17) is 14.2 Å². The lowest BCUT2D eigenvalue weighted by Gasteiger charge is -2.24. The van der Waals surface area contributed by atoms with Crippen molar-refractivity contribution in [3.8, 4) is 5.75 Å². The molecule has 0 radical (unpaired) electrons. The third-order valence-electron chi connectivity index (χ3n) is 6.37. The fourth-order valence-corrected chi connectivity index (χ4v) is 5.94. The Labute approximate surface area is 204 Å². The van der Waals surface area contributed by atoms with Crippen molar-refractivity contribution in [1.82, 2.24) is 9.47 Å². The van der Waals surface area contributed by atoms with Crippen molar-refractivity contribution in [1.29, 1.82) is 0 Å². The average Bonchev–Trinajstić information content (AvgIpc) is 3.47. The summed E-state index contributed by atoms with van der Waals surface area (Å²) < 4.78 is 19.6. The highest BCUT2D eigenvalue weighted by Gasteiger charge is 2.34. The smallest absolute Gasteiger partial charge is 0.268 e. The summed E-state index contributed by atoms with van der Waals surface area (Å²) in [5, 5.41) is 1.48. The van der Waals surface area contributed by atoms with Crippen molar-refractivity contribution < 1.29 is 19.0 Å². The third-order valence-corrected chi connectivity index (χ3v) is 7.56. The van der Waals surface area contributed by atoms with Crippen molar-refractivity contribution >= 4 is 38.2 Å². The van der Waals surface area contributed by atoms with Crippen LogP contribution in [0, 0.1) is 0 Å². The fraction of sp³-hybridized carbons (Fsp3) is 0.538. The summed E-state index contributed by atoms with van der Waals surface area (Å²) in [7, 11) is 1.66. The second-order valence-electron chi connectivity index (χ2n) is 8.59. The number of unbranched alkanes of at least 4 members (excludes halogenated alkanes) is 1. The average molecular weight is 487 g/mol. The van der Waals surface area contributed by atoms with E-state index in [1.165, 1.54) is 11.3 Å². The number of likely N-dealkylation sites (tertiary alicyclic amines) is 1. The number of aryl methyl sites for hydroxylation is 1. The summed E-state index contributed by atoms with van der Waals surface area (Å²) in [6.45, 7) is 7.12. The lowest BCUT2D eigenvalue weighted by Crippen LogP contribution is -2.38. The second kappa shape index (κ2) is 11.3. The number of rotatable bonds is 11. The van der Waals surface area contributed by atoms with Gasteiger partial charge in [0.15, 0.2) is 5.75 Å². The molecule has 7 nitrogen and oxygen atoms in total. The van der Waals surface area contributed by atoms with E-state index in [9.17, 15) is 9.59 Å². The normalized spacial score (nSPS) is 16.1. The van der Waals surface area contributed by atoms with Gasteiger partial charge in [-0.1, -0.05) is 31.5 Å². The van der Waals surface area contributed by atoms with Crippen LogP contribution in [0.3, 0.4) is 0 Å². The molecule has 1 fully saturated rings. The first kappa shape index (κ1) is 24.7. The predicted molar refractivity (Wildman–Crippen MR) is 136 cm³/mol. The summed E-state index contributed by atoms with van der Waals surface area (Å²) in [5.74, 6) is 0.310. The molecule has 3 aromatic rings. The van der Waals surface area contributed by atoms with Crippen LogP contribution in [0.1, 0.15) is 49.2 Å². The van der Waals surface area contributed by atoms with Gasteiger partial charge in [-0.25, -0.2) is 0 Å². The zero-order valence-electron chi connectivity index (χ0n) is 20.3. The van der Waals surface area contributed by atoms with E-state index >= 15 is 0 Å². The molecule has 0 bridgehead atoms. The van der Waals surface area contributed by atoms with Crippen molar-refractivity contribution in [3.63, 3.8) is 0 Å². The van der Waals surface area contributed by atoms with Crippen LogP contribution in [0.5, 0.6) is 5.75 Å². The van der Waals surface area contributed by atoms with Gasteiger partial charge in [0.2, 0.25) is 0 Å². The Morgan fingerprint density at radius 1 is 1.21 bits per heavy atom. The van der Waals surface area contributed by atoms with Gasteiger partial charge < -0.3 is 23.7 Å². The van der Waals surface area contributed by atoms with Gasteiger partial charge in [-0.2, -0.15) is 0 Å². The number of carbonyl (C=O) groups excluding carboxylic acids is 1. The van der Waals surface area contributed by atoms with Gasteiger partial charge in [0.1, 0.15) is 16.9 Å². The van der Waals surface area contributed by atoms with Gasteiger partial charge in [-0.3, -0.25) is 9.59 Å². The van der Waals surface area contributed by atoms with Crippen LogP contribution in [0.4, 0.5) is 0 Å². The van der Waals surface area contributed by atoms with E-state index in [1.807, 2.05) is 40.7 Å². The van der Waals surface area contributed by atoms with Crippen LogP contribution in [0.2, 0.25) is 0 Å². The van der Waals surface area contributed by atoms with Gasteiger partial charge in [0.05, 0.1) is 29.5 Å². The van der Waals surface area contributed by atoms with Crippen LogP contribution >= 0.6 is 11.3 Å². The monoisotopic (exact) mass is 486 g/mol. The van der Waals surface area contributed by atoms with Crippen LogP contribution in [0.15, 0.2) is 29.1 Å². The lowest BCUT2D eigenvalue weighted by molar-refractivity contribution is 0.0628. The number of hydrogen-bond acceptors (Lipinski definition) is 6. The molecule has 1 aromatic carbocycles. The Hall–Kier alpha value is -2.42. The Morgan fingerprint density at radius 2 is 2.03 bits per heavy atom. The largest absolute Gasteiger partial charge is 0.489 e. The molecular formula is C26H34N2O5S. The molecule has 2 aromatic heterocycles. The standard InChI is InChI=1S/C26H34N2O5S/c1-4-6-13-28-20-12-8-7-11-19(20)23-21(25(28)29)22(33-16-15-32-5-2)24(34-23)26(30)27-14-9-10-18(27)17-31-3/h7-8,11-12,18H,4-6,9-10,13-17H2,1-3H3/t18-/m1/s1. The molecule has 1 saturated heterocycles. The Balaban J connectivity index is 1.89. The van der Waals surface area contributed by atoms with Crippen molar-refractivity contribution in [2.75, 3.05) is 40.1 Å². The summed E-state index contributed by atoms with van der Waals surface area (Å²) >= 11 is 1.37. The van der Waals surface area contributed by atoms with Crippen LogP contribution < -0.4 is 10.3 Å². The number of benzene rings is 1. The van der Waals surface area contributed by atoms with Crippen LogP contribution in [-0.2, 0) is 16.0 Å². The summed E-state index contributed by atoms with van der Waals surface area (Å²) in [4.78, 5) is 29.9. The van der Waals surface area contributed by atoms with Gasteiger partial charge in [0, 0.05) is 32.2 Å². The molecule has 184 valence electrons. The van der Waals surface area contributed by atoms with E-state index in [-0.39, 0.29) is 24.1 Å². The molecule has 4 rings (SSSR count). The number of thiophene rings is 1. The van der Waals surface area contributed by atoms with E-state index in [2.05, 4.69) is 6.92 Å². The predicted octanol–water partition coefficient (Wildman–Crippen LogP) is 4.68. The minimum atomic E-state index is -0.0984. The van der Waals surface area contributed by atoms with Crippen molar-refractivity contribution in [3.05, 3.63) is 39.5 Å². The maximum absolute atomic E-state index is 13.8. The third kappa shape index (κ3) is 4.72. The number of amides is 1. The summed E-state index contributed by atoms with van der Waals surface area (Å²) in [6.07, 6.45) is 3.74. The molecule has 0 aliphatic carbocycles. The molecule has 0 N–H and O–H groups in total. The second-order valence-corrected chi connectivity index (χ2v) is 9.61. The fourth-order valence-electron chi connectivity index (χ4n) is 4.71. The van der Waals surface area contributed by atoms with Crippen molar-refractivity contribution in [2.24, 2.45) is 0 Å². The molecule has 0 saturated carbocycles. The Bertz CT molecular complexity index is 1200. The first-order valence-electron chi connectivity index (χ1n) is 12.2. The number of hydrogen-bond donors (Lipinski definition) is 0. The van der Waals surface area contributed by atoms with Crippen LogP contribution in [-0.4, -0.2) is 61.5 Å². The molecule has 1 amide bonds. The first-order chi connectivity index (χ1) is 16.6. The zero-order valence-corrected chi connectivity index (χ0v) is 21.1. The number of aromatic nitrogens is 1. The van der Waals surface area contributed by atoms with Gasteiger partial charge in [-0.15, -0.1) is 11.3 Å². The first-order valence-corrected chi connectivity index (χ1v) is 13.0. The SMILES string of the molecule is CCCCn1c(=O)c2c(OCCOCC)c(C(=O)N3CCC[C@@H]3COC)sc2c2ccccc21. The summed E-state index contributed by atoms with van der Waals surface area (Å²) in [5.41, 5.74) is 0.798. The van der Waals surface area contributed by atoms with Gasteiger partial charge in [-0.05, 0) is 32.3 Å². The van der Waals surface area contributed by atoms with E-state index < -0.39 is 0 Å². The molecule has 3 heterocycles. The molecular weight excluding hydrogens is 452 g/mol. The number of methoxy groups -OCH3 is 1. The summed E-state index contributed by atoms with van der Waals surface area (Å²) in [6, 6.07) is 7.98. The minimum absolute atomic E-state index is 0.0388. The van der Waals surface area contributed by atoms with Gasteiger partial charge in [0.25, 0.3) is 11.5 Å². The number of para-hydroxylation sites is 1. The van der Waals surface area contributed by atoms with E-state index in [1.54, 1.807) is 7.11 Å². The quantitative estimate of drug-likeness (QED) is 0.368. The lowest BCUT2D eigenvalue weighted by atomic mass is 10.1.